The summed E-state index contributed by atoms with van der Waals surface area (Å²) in [5, 5.41) is 5.67. The summed E-state index contributed by atoms with van der Waals surface area (Å²) < 4.78 is 34.6. The van der Waals surface area contributed by atoms with Gasteiger partial charge in [-0.3, -0.25) is 18.9 Å². The monoisotopic (exact) mass is 606 g/mol. The maximum absolute atomic E-state index is 14.1. The van der Waals surface area contributed by atoms with Gasteiger partial charge in [0.05, 0.1) is 41.1 Å². The molecule has 1 heterocycles. The van der Waals surface area contributed by atoms with Crippen molar-refractivity contribution in [1.29, 1.82) is 0 Å². The van der Waals surface area contributed by atoms with E-state index in [1.165, 1.54) is 23.5 Å². The Labute approximate surface area is 256 Å². The third-order valence-electron chi connectivity index (χ3n) is 6.83. The maximum Gasteiger partial charge on any atom is 0.264 e. The number of sulfonamides is 1. The van der Waals surface area contributed by atoms with Crippen molar-refractivity contribution in [2.24, 2.45) is 0 Å². The summed E-state index contributed by atoms with van der Waals surface area (Å²) in [6.07, 6.45) is 3.31. The Hall–Kier alpha value is -5.48. The van der Waals surface area contributed by atoms with E-state index in [2.05, 4.69) is 15.6 Å². The first-order valence-electron chi connectivity index (χ1n) is 13.7. The van der Waals surface area contributed by atoms with E-state index in [-0.39, 0.29) is 46.4 Å². The summed E-state index contributed by atoms with van der Waals surface area (Å²) in [4.78, 5) is 31.0. The van der Waals surface area contributed by atoms with Gasteiger partial charge in [-0.25, -0.2) is 8.42 Å². The number of aromatic nitrogens is 1. The first-order chi connectivity index (χ1) is 21.4. The Morgan fingerprint density at radius 1 is 0.750 bits per heavy atom. The molecule has 0 atom stereocenters. The number of pyridine rings is 1. The van der Waals surface area contributed by atoms with E-state index < -0.39 is 15.9 Å². The Morgan fingerprint density at radius 3 is 2.11 bits per heavy atom. The van der Waals surface area contributed by atoms with Crippen molar-refractivity contribution in [3.8, 4) is 5.75 Å². The van der Waals surface area contributed by atoms with E-state index in [1.54, 1.807) is 79.1 Å². The first kappa shape index (κ1) is 30.0. The third kappa shape index (κ3) is 6.93. The van der Waals surface area contributed by atoms with Gasteiger partial charge in [-0.15, -0.1) is 0 Å². The minimum atomic E-state index is -4.13. The Bertz CT molecular complexity index is 1850. The van der Waals surface area contributed by atoms with Crippen LogP contribution >= 0.6 is 0 Å². The topological polar surface area (TPSA) is 118 Å². The fourth-order valence-electron chi connectivity index (χ4n) is 4.57. The quantitative estimate of drug-likeness (QED) is 0.200. The second-order valence-electron chi connectivity index (χ2n) is 9.73. The van der Waals surface area contributed by atoms with Crippen LogP contribution in [0.5, 0.6) is 5.75 Å². The van der Waals surface area contributed by atoms with Crippen molar-refractivity contribution in [2.45, 2.75) is 18.0 Å². The highest BCUT2D eigenvalue weighted by Crippen LogP contribution is 2.31. The Morgan fingerprint density at radius 2 is 1.41 bits per heavy atom. The number of methoxy groups -OCH3 is 1. The van der Waals surface area contributed by atoms with Gasteiger partial charge in [0.1, 0.15) is 5.75 Å². The predicted molar refractivity (Wildman–Crippen MR) is 169 cm³/mol. The number of rotatable bonds is 11. The molecule has 0 spiro atoms. The highest BCUT2D eigenvalue weighted by Gasteiger charge is 2.29. The van der Waals surface area contributed by atoms with Gasteiger partial charge in [0.15, 0.2) is 0 Å². The minimum absolute atomic E-state index is 0.0210. The smallest absolute Gasteiger partial charge is 0.264 e. The number of benzene rings is 4. The molecular weight excluding hydrogens is 576 g/mol. The molecule has 10 heteroatoms. The molecule has 4 aromatic carbocycles. The van der Waals surface area contributed by atoms with Crippen molar-refractivity contribution in [3.05, 3.63) is 150 Å². The molecule has 5 rings (SSSR count). The molecule has 44 heavy (non-hydrogen) atoms. The Kier molecular flexibility index (Phi) is 9.31. The van der Waals surface area contributed by atoms with Gasteiger partial charge in [-0.05, 0) is 65.7 Å². The molecule has 0 aliphatic carbocycles. The number of hydrogen-bond acceptors (Lipinski definition) is 6. The molecule has 2 N–H and O–H groups in total. The molecule has 0 radical (unpaired) electrons. The van der Waals surface area contributed by atoms with Gasteiger partial charge >= 0.3 is 0 Å². The molecule has 0 saturated carbocycles. The molecule has 1 aromatic heterocycles. The lowest BCUT2D eigenvalue weighted by atomic mass is 10.1. The van der Waals surface area contributed by atoms with Crippen molar-refractivity contribution < 1.29 is 22.7 Å². The molecule has 2 amide bonds. The summed E-state index contributed by atoms with van der Waals surface area (Å²) in [7, 11) is -2.63. The largest absolute Gasteiger partial charge is 0.497 e. The highest BCUT2D eigenvalue weighted by atomic mass is 32.2. The number of carbonyl (C=O) groups is 2. The van der Waals surface area contributed by atoms with Crippen LogP contribution in [0.25, 0.3) is 0 Å². The number of para-hydroxylation sites is 2. The molecule has 0 unspecified atom stereocenters. The molecule has 222 valence electrons. The van der Waals surface area contributed by atoms with Crippen LogP contribution in [-0.2, 0) is 23.1 Å². The van der Waals surface area contributed by atoms with Crippen molar-refractivity contribution in [2.75, 3.05) is 16.7 Å². The average molecular weight is 607 g/mol. The lowest BCUT2D eigenvalue weighted by Gasteiger charge is -2.27. The molecule has 5 aromatic rings. The number of nitrogens with zero attached hydrogens (tertiary/aromatic N) is 2. The van der Waals surface area contributed by atoms with Crippen LogP contribution in [-0.4, -0.2) is 32.3 Å². The normalized spacial score (nSPS) is 10.9. The van der Waals surface area contributed by atoms with Crippen LogP contribution in [0.3, 0.4) is 0 Å². The maximum atomic E-state index is 14.1. The molecule has 0 fully saturated rings. The van der Waals surface area contributed by atoms with E-state index in [9.17, 15) is 18.0 Å². The van der Waals surface area contributed by atoms with Crippen LogP contribution in [0.4, 0.5) is 11.4 Å². The van der Waals surface area contributed by atoms with E-state index in [0.717, 1.165) is 11.1 Å². The molecule has 0 saturated heterocycles. The predicted octanol–water partition coefficient (Wildman–Crippen LogP) is 5.67. The van der Waals surface area contributed by atoms with Gasteiger partial charge in [0, 0.05) is 18.9 Å². The lowest BCUT2D eigenvalue weighted by Crippen LogP contribution is -2.32. The number of amides is 2. The van der Waals surface area contributed by atoms with Crippen LogP contribution in [0.2, 0.25) is 0 Å². The summed E-state index contributed by atoms with van der Waals surface area (Å²) >= 11 is 0. The third-order valence-corrected chi connectivity index (χ3v) is 8.60. The van der Waals surface area contributed by atoms with Crippen LogP contribution in [0.1, 0.15) is 31.8 Å². The van der Waals surface area contributed by atoms with Crippen molar-refractivity contribution >= 4 is 33.2 Å². The van der Waals surface area contributed by atoms with Gasteiger partial charge in [0.2, 0.25) is 0 Å². The van der Waals surface area contributed by atoms with E-state index >= 15 is 0 Å². The zero-order valence-corrected chi connectivity index (χ0v) is 24.7. The van der Waals surface area contributed by atoms with Gasteiger partial charge in [-0.1, -0.05) is 60.7 Å². The standard InChI is InChI=1S/C34H30N4O5S/c1-43-27-17-19-28(20-18-27)44(41,42)38(24-25-10-3-2-4-11-25)32-16-8-6-14-30(32)34(40)37-31-15-7-5-13-29(31)33(39)36-23-26-12-9-21-35-22-26/h2-22H,23-24H2,1H3,(H,36,39)(H,37,40). The minimum Gasteiger partial charge on any atom is -0.497 e. The van der Waals surface area contributed by atoms with Gasteiger partial charge in [-0.2, -0.15) is 0 Å². The van der Waals surface area contributed by atoms with Gasteiger partial charge in [0.25, 0.3) is 21.8 Å². The Balaban J connectivity index is 1.47. The zero-order valence-electron chi connectivity index (χ0n) is 23.9. The van der Waals surface area contributed by atoms with Gasteiger partial charge < -0.3 is 15.4 Å². The van der Waals surface area contributed by atoms with Crippen LogP contribution < -0.4 is 19.7 Å². The molecule has 9 nitrogen and oxygen atoms in total. The highest BCUT2D eigenvalue weighted by molar-refractivity contribution is 7.92. The number of nitrogens with one attached hydrogen (secondary N) is 2. The molecular formula is C34H30N4O5S. The number of ether oxygens (including phenoxy) is 1. The number of carbonyl (C=O) groups excluding carboxylic acids is 2. The zero-order chi connectivity index (χ0) is 30.9. The average Bonchev–Trinajstić information content (AvgIpc) is 3.07. The molecule has 0 bridgehead atoms. The molecule has 0 aliphatic rings. The second-order valence-corrected chi connectivity index (χ2v) is 11.6. The summed E-state index contributed by atoms with van der Waals surface area (Å²) in [5.41, 5.74) is 2.40. The summed E-state index contributed by atoms with van der Waals surface area (Å²) in [5.74, 6) is -0.441. The SMILES string of the molecule is COc1ccc(S(=O)(=O)N(Cc2ccccc2)c2ccccc2C(=O)Nc2ccccc2C(=O)NCc2cccnc2)cc1. The fourth-order valence-corrected chi connectivity index (χ4v) is 6.04. The van der Waals surface area contributed by atoms with E-state index in [4.69, 9.17) is 4.74 Å². The first-order valence-corrected chi connectivity index (χ1v) is 15.2. The number of anilines is 2. The van der Waals surface area contributed by atoms with E-state index in [1.807, 2.05) is 36.4 Å². The van der Waals surface area contributed by atoms with Crippen molar-refractivity contribution in [1.82, 2.24) is 10.3 Å². The van der Waals surface area contributed by atoms with E-state index in [0.29, 0.717) is 5.75 Å². The van der Waals surface area contributed by atoms with Crippen LogP contribution in [0.15, 0.2) is 133 Å². The lowest BCUT2D eigenvalue weighted by molar-refractivity contribution is 0.0951. The fraction of sp³-hybridized carbons (Fsp3) is 0.0882. The second kappa shape index (κ2) is 13.7. The van der Waals surface area contributed by atoms with Crippen LogP contribution in [0, 0.1) is 0 Å². The molecule has 0 aliphatic heterocycles. The summed E-state index contributed by atoms with van der Waals surface area (Å²) in [6.45, 7) is 0.238. The van der Waals surface area contributed by atoms with Crippen molar-refractivity contribution in [3.63, 3.8) is 0 Å². The summed E-state index contributed by atoms with van der Waals surface area (Å²) in [6, 6.07) is 31.9. The number of hydrogen-bond donors (Lipinski definition) is 2.